The van der Waals surface area contributed by atoms with Crippen LogP contribution in [0.15, 0.2) is 48.5 Å². The van der Waals surface area contributed by atoms with Crippen LogP contribution >= 0.6 is 0 Å². The first-order valence-electron chi connectivity index (χ1n) is 11.2. The van der Waals surface area contributed by atoms with Crippen molar-refractivity contribution in [3.05, 3.63) is 59.7 Å². The lowest BCUT2D eigenvalue weighted by molar-refractivity contribution is -0.157. The summed E-state index contributed by atoms with van der Waals surface area (Å²) in [7, 11) is 1.56. The van der Waals surface area contributed by atoms with Gasteiger partial charge in [-0.15, -0.1) is 0 Å². The molecule has 2 unspecified atom stereocenters. The van der Waals surface area contributed by atoms with E-state index in [1.165, 1.54) is 5.56 Å². The van der Waals surface area contributed by atoms with Crippen molar-refractivity contribution in [1.82, 2.24) is 4.90 Å². The summed E-state index contributed by atoms with van der Waals surface area (Å²) in [4.78, 5) is 27.3. The number of ether oxygens (including phenoxy) is 3. The summed E-state index contributed by atoms with van der Waals surface area (Å²) < 4.78 is 17.4. The molecule has 1 saturated heterocycles. The Balaban J connectivity index is 1.44. The number of hydrogen-bond acceptors (Lipinski definition) is 5. The van der Waals surface area contributed by atoms with E-state index in [2.05, 4.69) is 12.1 Å². The van der Waals surface area contributed by atoms with Crippen molar-refractivity contribution in [3.63, 3.8) is 0 Å². The second kappa shape index (κ2) is 9.33. The van der Waals surface area contributed by atoms with Crippen molar-refractivity contribution < 1.29 is 23.8 Å². The van der Waals surface area contributed by atoms with Gasteiger partial charge in [-0.1, -0.05) is 30.3 Å². The molecule has 170 valence electrons. The number of amides is 1. The van der Waals surface area contributed by atoms with Crippen molar-refractivity contribution in [2.75, 3.05) is 20.4 Å². The van der Waals surface area contributed by atoms with Crippen LogP contribution in [0.25, 0.3) is 0 Å². The smallest absolute Gasteiger partial charge is 0.255 e. The molecule has 1 spiro atoms. The Morgan fingerprint density at radius 2 is 1.94 bits per heavy atom. The van der Waals surface area contributed by atoms with Gasteiger partial charge in [-0.05, 0) is 56.4 Å². The molecule has 2 fully saturated rings. The number of carbonyl (C=O) groups excluding carboxylic acids is 2. The van der Waals surface area contributed by atoms with Gasteiger partial charge in [-0.25, -0.2) is 0 Å². The molecule has 2 aliphatic rings. The Kier molecular flexibility index (Phi) is 6.51. The Labute approximate surface area is 189 Å². The number of methoxy groups -OCH3 is 1. The second-order valence-corrected chi connectivity index (χ2v) is 9.04. The van der Waals surface area contributed by atoms with E-state index in [0.717, 1.165) is 6.42 Å². The number of carbonyl (C=O) groups is 2. The van der Waals surface area contributed by atoms with E-state index >= 15 is 0 Å². The van der Waals surface area contributed by atoms with Crippen LogP contribution in [0.2, 0.25) is 0 Å². The lowest BCUT2D eigenvalue weighted by Gasteiger charge is -2.45. The fourth-order valence-corrected chi connectivity index (χ4v) is 4.75. The van der Waals surface area contributed by atoms with E-state index in [4.69, 9.17) is 14.2 Å². The van der Waals surface area contributed by atoms with Crippen LogP contribution in [0.5, 0.6) is 11.5 Å². The van der Waals surface area contributed by atoms with Gasteiger partial charge in [0.15, 0.2) is 11.5 Å². The largest absolute Gasteiger partial charge is 0.493 e. The highest BCUT2D eigenvalue weighted by atomic mass is 16.5. The van der Waals surface area contributed by atoms with Gasteiger partial charge in [-0.3, -0.25) is 9.59 Å². The summed E-state index contributed by atoms with van der Waals surface area (Å²) in [5, 5.41) is 0. The summed E-state index contributed by atoms with van der Waals surface area (Å²) in [6.45, 7) is 4.62. The Morgan fingerprint density at radius 3 is 2.59 bits per heavy atom. The molecular weight excluding hydrogens is 406 g/mol. The maximum absolute atomic E-state index is 13.1. The Hall–Kier alpha value is -2.86. The molecule has 2 aromatic rings. The number of nitrogens with zero attached hydrogens (tertiary/aromatic N) is 1. The van der Waals surface area contributed by atoms with E-state index in [-0.39, 0.29) is 30.4 Å². The molecule has 6 nitrogen and oxygen atoms in total. The molecule has 1 amide bonds. The van der Waals surface area contributed by atoms with E-state index < -0.39 is 5.60 Å². The molecule has 1 saturated carbocycles. The monoisotopic (exact) mass is 437 g/mol. The minimum atomic E-state index is -0.487. The van der Waals surface area contributed by atoms with Crippen molar-refractivity contribution in [2.45, 2.75) is 57.2 Å². The molecule has 2 atom stereocenters. The van der Waals surface area contributed by atoms with E-state index in [1.807, 2.05) is 32.0 Å². The summed E-state index contributed by atoms with van der Waals surface area (Å²) in [6.07, 6.45) is 2.45. The van der Waals surface area contributed by atoms with Crippen LogP contribution in [0.4, 0.5) is 0 Å². The standard InChI is InChI=1S/C26H31NO5/c1-18(2)32-23-10-9-20(14-24(23)30-3)25(29)27-12-11-26(31-17-27)15-21(13-22(28)16-26)19-7-5-4-6-8-19/h4-10,14,18,21H,11-13,15-17H2,1-3H3. The summed E-state index contributed by atoms with van der Waals surface area (Å²) in [6, 6.07) is 15.4. The highest BCUT2D eigenvalue weighted by molar-refractivity contribution is 5.95. The molecule has 1 aliphatic heterocycles. The minimum absolute atomic E-state index is 0.00931. The molecule has 32 heavy (non-hydrogen) atoms. The van der Waals surface area contributed by atoms with E-state index in [0.29, 0.717) is 42.9 Å². The zero-order valence-electron chi connectivity index (χ0n) is 19.0. The van der Waals surface area contributed by atoms with Crippen LogP contribution < -0.4 is 9.47 Å². The zero-order chi connectivity index (χ0) is 22.7. The molecule has 4 rings (SSSR count). The van der Waals surface area contributed by atoms with Gasteiger partial charge < -0.3 is 19.1 Å². The maximum atomic E-state index is 13.1. The van der Waals surface area contributed by atoms with Crippen LogP contribution in [0.3, 0.4) is 0 Å². The summed E-state index contributed by atoms with van der Waals surface area (Å²) >= 11 is 0. The lowest BCUT2D eigenvalue weighted by Crippen LogP contribution is -2.52. The fourth-order valence-electron chi connectivity index (χ4n) is 4.75. The predicted molar refractivity (Wildman–Crippen MR) is 121 cm³/mol. The molecular formula is C26H31NO5. The zero-order valence-corrected chi connectivity index (χ0v) is 19.0. The van der Waals surface area contributed by atoms with Crippen molar-refractivity contribution in [1.29, 1.82) is 0 Å². The number of Topliss-reactive ketones (excluding diaryl/α,β-unsaturated/α-hetero) is 1. The van der Waals surface area contributed by atoms with E-state index in [1.54, 1.807) is 30.2 Å². The van der Waals surface area contributed by atoms with Gasteiger partial charge >= 0.3 is 0 Å². The van der Waals surface area contributed by atoms with Crippen LogP contribution in [-0.2, 0) is 9.53 Å². The van der Waals surface area contributed by atoms with Gasteiger partial charge in [0.05, 0.1) is 18.8 Å². The molecule has 0 aromatic heterocycles. The number of ketones is 1. The van der Waals surface area contributed by atoms with Crippen LogP contribution in [0, 0.1) is 0 Å². The number of benzene rings is 2. The van der Waals surface area contributed by atoms with Gasteiger partial charge in [0.1, 0.15) is 12.5 Å². The van der Waals surface area contributed by atoms with E-state index in [9.17, 15) is 9.59 Å². The topological polar surface area (TPSA) is 65.1 Å². The SMILES string of the molecule is COc1cc(C(=O)N2CCC3(CC(=O)CC(c4ccccc4)C3)OC2)ccc1OC(C)C. The lowest BCUT2D eigenvalue weighted by atomic mass is 9.72. The van der Waals surface area contributed by atoms with Crippen molar-refractivity contribution in [2.24, 2.45) is 0 Å². The second-order valence-electron chi connectivity index (χ2n) is 9.04. The third-order valence-corrected chi connectivity index (χ3v) is 6.31. The van der Waals surface area contributed by atoms with Crippen molar-refractivity contribution >= 4 is 11.7 Å². The first-order valence-corrected chi connectivity index (χ1v) is 11.2. The average Bonchev–Trinajstić information content (AvgIpc) is 2.79. The van der Waals surface area contributed by atoms with Crippen LogP contribution in [-0.4, -0.2) is 48.7 Å². The molecule has 1 heterocycles. The minimum Gasteiger partial charge on any atom is -0.493 e. The van der Waals surface area contributed by atoms with Crippen molar-refractivity contribution in [3.8, 4) is 11.5 Å². The average molecular weight is 438 g/mol. The molecule has 1 aliphatic carbocycles. The van der Waals surface area contributed by atoms with Gasteiger partial charge in [0.2, 0.25) is 0 Å². The molecule has 6 heteroatoms. The quantitative estimate of drug-likeness (QED) is 0.685. The first-order chi connectivity index (χ1) is 15.4. The Morgan fingerprint density at radius 1 is 1.16 bits per heavy atom. The van der Waals surface area contributed by atoms with Gasteiger partial charge in [0, 0.05) is 24.9 Å². The first kappa shape index (κ1) is 22.3. The molecule has 0 N–H and O–H groups in total. The predicted octanol–water partition coefficient (Wildman–Crippen LogP) is 4.58. The highest BCUT2D eigenvalue weighted by Gasteiger charge is 2.44. The van der Waals surface area contributed by atoms with Gasteiger partial charge in [0.25, 0.3) is 5.91 Å². The molecule has 2 aromatic carbocycles. The molecule has 0 radical (unpaired) electrons. The third-order valence-electron chi connectivity index (χ3n) is 6.31. The summed E-state index contributed by atoms with van der Waals surface area (Å²) in [5.74, 6) is 1.42. The van der Waals surface area contributed by atoms with Gasteiger partial charge in [-0.2, -0.15) is 0 Å². The highest BCUT2D eigenvalue weighted by Crippen LogP contribution is 2.43. The Bertz CT molecular complexity index is 963. The fraction of sp³-hybridized carbons (Fsp3) is 0.462. The third kappa shape index (κ3) is 4.80. The maximum Gasteiger partial charge on any atom is 0.255 e. The number of rotatable bonds is 5. The normalized spacial score (nSPS) is 23.4. The number of hydrogen-bond donors (Lipinski definition) is 0. The summed E-state index contributed by atoms with van der Waals surface area (Å²) in [5.41, 5.74) is 1.22. The van der Waals surface area contributed by atoms with Crippen LogP contribution in [0.1, 0.15) is 61.4 Å². The molecule has 0 bridgehead atoms.